The Morgan fingerprint density at radius 1 is 1.09 bits per heavy atom. The number of aromatic amines is 1. The van der Waals surface area contributed by atoms with Crippen molar-refractivity contribution in [2.75, 3.05) is 19.6 Å². The molecule has 0 bridgehead atoms. The maximum atomic E-state index is 12.8. The summed E-state index contributed by atoms with van der Waals surface area (Å²) in [5, 5.41) is 4.79. The Morgan fingerprint density at radius 3 is 2.47 bits per heavy atom. The van der Waals surface area contributed by atoms with Gasteiger partial charge in [-0.1, -0.05) is 19.9 Å². The number of hydrogen-bond acceptors (Lipinski definition) is 3. The molecule has 2 fully saturated rings. The number of carbonyl (C=O) groups is 1. The third kappa shape index (κ3) is 4.63. The molecular formula is C29H38N4O. The summed E-state index contributed by atoms with van der Waals surface area (Å²) < 4.78 is 0. The van der Waals surface area contributed by atoms with E-state index in [-0.39, 0.29) is 0 Å². The van der Waals surface area contributed by atoms with Gasteiger partial charge in [-0.25, -0.2) is 0 Å². The highest BCUT2D eigenvalue weighted by atomic mass is 16.2. The number of carbonyl (C=O) groups excluding carboxylic acids is 1. The van der Waals surface area contributed by atoms with E-state index < -0.39 is 0 Å². The minimum Gasteiger partial charge on any atom is -0.354 e. The highest BCUT2D eigenvalue weighted by Gasteiger charge is 2.27. The Balaban J connectivity index is 1.37. The summed E-state index contributed by atoms with van der Waals surface area (Å²) in [4.78, 5) is 23.1. The normalized spacial score (nSPS) is 19.4. The summed E-state index contributed by atoms with van der Waals surface area (Å²) in [6.45, 7) is 11.5. The average molecular weight is 459 g/mol. The van der Waals surface area contributed by atoms with Crippen LogP contribution in [0.1, 0.15) is 80.3 Å². The van der Waals surface area contributed by atoms with Crippen LogP contribution in [0.25, 0.3) is 22.2 Å². The number of benzene rings is 1. The van der Waals surface area contributed by atoms with Crippen LogP contribution in [0.15, 0.2) is 30.3 Å². The Hall–Kier alpha value is -2.66. The highest BCUT2D eigenvalue weighted by Crippen LogP contribution is 2.38. The van der Waals surface area contributed by atoms with Gasteiger partial charge < -0.3 is 15.2 Å². The van der Waals surface area contributed by atoms with Crippen LogP contribution in [0.3, 0.4) is 0 Å². The van der Waals surface area contributed by atoms with Crippen LogP contribution in [0.4, 0.5) is 0 Å². The lowest BCUT2D eigenvalue weighted by Gasteiger charge is -2.33. The third-order valence-corrected chi connectivity index (χ3v) is 7.71. The fourth-order valence-corrected chi connectivity index (χ4v) is 6.02. The Labute approximate surface area is 203 Å². The van der Waals surface area contributed by atoms with E-state index in [9.17, 15) is 4.79 Å². The van der Waals surface area contributed by atoms with Crippen LogP contribution in [-0.2, 0) is 4.79 Å². The zero-order chi connectivity index (χ0) is 23.8. The molecule has 4 heterocycles. The van der Waals surface area contributed by atoms with Gasteiger partial charge >= 0.3 is 0 Å². The van der Waals surface area contributed by atoms with Gasteiger partial charge in [-0.3, -0.25) is 9.78 Å². The molecule has 2 saturated heterocycles. The zero-order valence-electron chi connectivity index (χ0n) is 21.1. The number of rotatable bonds is 5. The largest absolute Gasteiger partial charge is 0.354 e. The molecule has 5 rings (SSSR count). The fourth-order valence-electron chi connectivity index (χ4n) is 6.02. The molecule has 1 aromatic carbocycles. The summed E-state index contributed by atoms with van der Waals surface area (Å²) in [5.41, 5.74) is 8.53. The molecule has 0 saturated carbocycles. The molecule has 2 aromatic heterocycles. The van der Waals surface area contributed by atoms with Crippen molar-refractivity contribution >= 4 is 16.8 Å². The van der Waals surface area contributed by atoms with Crippen LogP contribution in [0.2, 0.25) is 0 Å². The molecule has 34 heavy (non-hydrogen) atoms. The second-order valence-corrected chi connectivity index (χ2v) is 10.7. The van der Waals surface area contributed by atoms with Crippen molar-refractivity contribution < 1.29 is 4.79 Å². The maximum Gasteiger partial charge on any atom is 0.224 e. The molecule has 1 atom stereocenters. The molecule has 1 amide bonds. The van der Waals surface area contributed by atoms with Gasteiger partial charge in [0, 0.05) is 53.4 Å². The molecule has 1 unspecified atom stereocenters. The molecule has 3 aromatic rings. The zero-order valence-corrected chi connectivity index (χ0v) is 21.1. The second-order valence-electron chi connectivity index (χ2n) is 10.7. The van der Waals surface area contributed by atoms with E-state index in [4.69, 9.17) is 0 Å². The van der Waals surface area contributed by atoms with Gasteiger partial charge in [0.2, 0.25) is 5.91 Å². The van der Waals surface area contributed by atoms with Gasteiger partial charge in [0.1, 0.15) is 0 Å². The Bertz CT molecular complexity index is 1160. The summed E-state index contributed by atoms with van der Waals surface area (Å²) >= 11 is 0. The van der Waals surface area contributed by atoms with E-state index in [0.717, 1.165) is 50.3 Å². The molecule has 180 valence electrons. The third-order valence-electron chi connectivity index (χ3n) is 7.71. The molecule has 5 heteroatoms. The average Bonchev–Trinajstić information content (AvgIpc) is 3.45. The molecule has 0 aliphatic carbocycles. The topological polar surface area (TPSA) is 61.0 Å². The van der Waals surface area contributed by atoms with Gasteiger partial charge in [0.15, 0.2) is 0 Å². The molecular weight excluding hydrogens is 420 g/mol. The van der Waals surface area contributed by atoms with Crippen molar-refractivity contribution in [2.24, 2.45) is 0 Å². The lowest BCUT2D eigenvalue weighted by Crippen LogP contribution is -2.40. The highest BCUT2D eigenvalue weighted by molar-refractivity contribution is 5.92. The first-order chi connectivity index (χ1) is 16.4. The SMILES string of the molecule is Cc1cc(-c2[nH]c3ccc(C4CCN(C(=O)CC5CCCN5)CC4)cc3c2C(C)C)cc(C)n1. The number of pyridine rings is 1. The Kier molecular flexibility index (Phi) is 6.48. The summed E-state index contributed by atoms with van der Waals surface area (Å²) in [5.74, 6) is 1.26. The number of piperidine rings is 1. The van der Waals surface area contributed by atoms with Gasteiger partial charge in [0.25, 0.3) is 0 Å². The van der Waals surface area contributed by atoms with Crippen molar-refractivity contribution in [3.05, 3.63) is 52.8 Å². The quantitative estimate of drug-likeness (QED) is 0.507. The molecule has 0 spiro atoms. The number of nitrogens with one attached hydrogen (secondary N) is 2. The lowest BCUT2D eigenvalue weighted by atomic mass is 9.87. The predicted octanol–water partition coefficient (Wildman–Crippen LogP) is 5.82. The van der Waals surface area contributed by atoms with Gasteiger partial charge in [-0.2, -0.15) is 0 Å². The van der Waals surface area contributed by atoms with Crippen LogP contribution in [0, 0.1) is 13.8 Å². The number of aryl methyl sites for hydroxylation is 2. The van der Waals surface area contributed by atoms with Crippen LogP contribution >= 0.6 is 0 Å². The van der Waals surface area contributed by atoms with Crippen molar-refractivity contribution in [3.63, 3.8) is 0 Å². The number of H-pyrrole nitrogens is 1. The first-order valence-corrected chi connectivity index (χ1v) is 13.0. The Morgan fingerprint density at radius 2 is 1.82 bits per heavy atom. The number of nitrogens with zero attached hydrogens (tertiary/aromatic N) is 2. The van der Waals surface area contributed by atoms with Gasteiger partial charge in [-0.05, 0) is 93.3 Å². The van der Waals surface area contributed by atoms with Crippen LogP contribution < -0.4 is 5.32 Å². The fraction of sp³-hybridized carbons (Fsp3) is 0.517. The van der Waals surface area contributed by atoms with Crippen LogP contribution in [-0.4, -0.2) is 46.5 Å². The molecule has 2 N–H and O–H groups in total. The van der Waals surface area contributed by atoms with Crippen LogP contribution in [0.5, 0.6) is 0 Å². The number of amides is 1. The first-order valence-electron chi connectivity index (χ1n) is 13.0. The van der Waals surface area contributed by atoms with Crippen molar-refractivity contribution in [2.45, 2.75) is 77.7 Å². The number of fused-ring (bicyclic) bond motifs is 1. The molecule has 0 radical (unpaired) electrons. The van der Waals surface area contributed by atoms with Crippen molar-refractivity contribution in [1.82, 2.24) is 20.2 Å². The number of hydrogen-bond donors (Lipinski definition) is 2. The molecule has 2 aliphatic rings. The lowest BCUT2D eigenvalue weighted by molar-refractivity contribution is -0.132. The first kappa shape index (κ1) is 23.1. The van der Waals surface area contributed by atoms with E-state index >= 15 is 0 Å². The number of aromatic nitrogens is 2. The smallest absolute Gasteiger partial charge is 0.224 e. The van der Waals surface area contributed by atoms with E-state index in [1.165, 1.54) is 39.7 Å². The standard InChI is InChI=1S/C29H38N4O/c1-18(2)28-25-16-22(7-8-26(25)32-29(28)23-14-19(3)31-20(4)15-23)21-9-12-33(13-10-21)27(34)17-24-6-5-11-30-24/h7-8,14-16,18,21,24,30,32H,5-6,9-13,17H2,1-4H3. The summed E-state index contributed by atoms with van der Waals surface area (Å²) in [6, 6.07) is 11.7. The monoisotopic (exact) mass is 458 g/mol. The van der Waals surface area contributed by atoms with E-state index in [1.54, 1.807) is 0 Å². The second kappa shape index (κ2) is 9.53. The molecule has 2 aliphatic heterocycles. The van der Waals surface area contributed by atoms with Crippen molar-refractivity contribution in [3.8, 4) is 11.3 Å². The maximum absolute atomic E-state index is 12.8. The predicted molar refractivity (Wildman–Crippen MR) is 139 cm³/mol. The number of likely N-dealkylation sites (tertiary alicyclic amines) is 1. The van der Waals surface area contributed by atoms with Gasteiger partial charge in [0.05, 0.1) is 5.69 Å². The van der Waals surface area contributed by atoms with E-state index in [0.29, 0.717) is 30.2 Å². The molecule has 5 nitrogen and oxygen atoms in total. The van der Waals surface area contributed by atoms with E-state index in [1.807, 2.05) is 0 Å². The van der Waals surface area contributed by atoms with E-state index in [2.05, 4.69) is 78.2 Å². The minimum absolute atomic E-state index is 0.327. The van der Waals surface area contributed by atoms with Crippen molar-refractivity contribution in [1.29, 1.82) is 0 Å². The minimum atomic E-state index is 0.327. The summed E-state index contributed by atoms with van der Waals surface area (Å²) in [6.07, 6.45) is 5.09. The van der Waals surface area contributed by atoms with Gasteiger partial charge in [-0.15, -0.1) is 0 Å². The summed E-state index contributed by atoms with van der Waals surface area (Å²) in [7, 11) is 0.